The van der Waals surface area contributed by atoms with Crippen LogP contribution in [0.2, 0.25) is 10.0 Å². The standard InChI is InChI=1S/C12H13Cl2NO3/c1-15(6-2-3-11(16)17)12(18)8-4-5-9(13)10(14)7-8/h4-5,7H,2-3,6H2,1H3,(H,16,17). The van der Waals surface area contributed by atoms with Gasteiger partial charge in [-0.05, 0) is 24.6 Å². The number of benzene rings is 1. The molecule has 18 heavy (non-hydrogen) atoms. The molecule has 0 aliphatic rings. The number of rotatable bonds is 5. The molecule has 0 aliphatic heterocycles. The van der Waals surface area contributed by atoms with Gasteiger partial charge in [0.2, 0.25) is 0 Å². The molecule has 0 atom stereocenters. The van der Waals surface area contributed by atoms with Crippen molar-refractivity contribution >= 4 is 35.1 Å². The second kappa shape index (κ2) is 6.61. The number of carboxylic acid groups (broad SMARTS) is 1. The molecule has 98 valence electrons. The molecule has 4 nitrogen and oxygen atoms in total. The van der Waals surface area contributed by atoms with Crippen LogP contribution < -0.4 is 0 Å². The molecule has 1 aromatic rings. The average Bonchev–Trinajstić information content (AvgIpc) is 2.31. The van der Waals surface area contributed by atoms with Gasteiger partial charge in [-0.1, -0.05) is 23.2 Å². The normalized spacial score (nSPS) is 10.2. The Morgan fingerprint density at radius 1 is 1.28 bits per heavy atom. The second-order valence-corrected chi connectivity index (χ2v) is 4.67. The van der Waals surface area contributed by atoms with Crippen molar-refractivity contribution in [1.29, 1.82) is 0 Å². The molecule has 0 radical (unpaired) electrons. The Morgan fingerprint density at radius 3 is 2.50 bits per heavy atom. The SMILES string of the molecule is CN(CCCC(=O)O)C(=O)c1ccc(Cl)c(Cl)c1. The van der Waals surface area contributed by atoms with Gasteiger partial charge < -0.3 is 10.0 Å². The number of hydrogen-bond acceptors (Lipinski definition) is 2. The summed E-state index contributed by atoms with van der Waals surface area (Å²) >= 11 is 11.6. The first kappa shape index (κ1) is 14.8. The summed E-state index contributed by atoms with van der Waals surface area (Å²) in [5, 5.41) is 9.22. The summed E-state index contributed by atoms with van der Waals surface area (Å²) in [6.07, 6.45) is 0.456. The smallest absolute Gasteiger partial charge is 0.303 e. The summed E-state index contributed by atoms with van der Waals surface area (Å²) in [6, 6.07) is 4.65. The molecule has 0 saturated heterocycles. The molecule has 0 unspecified atom stereocenters. The molecule has 1 rings (SSSR count). The number of halogens is 2. The fourth-order valence-corrected chi connectivity index (χ4v) is 1.72. The maximum Gasteiger partial charge on any atom is 0.303 e. The molecule has 1 amide bonds. The zero-order valence-electron chi connectivity index (χ0n) is 9.82. The molecule has 1 aromatic carbocycles. The summed E-state index contributed by atoms with van der Waals surface area (Å²) in [5.41, 5.74) is 0.433. The molecule has 0 aliphatic carbocycles. The monoisotopic (exact) mass is 289 g/mol. The number of carboxylic acids is 1. The highest BCUT2D eigenvalue weighted by molar-refractivity contribution is 6.42. The van der Waals surface area contributed by atoms with E-state index in [0.717, 1.165) is 0 Å². The van der Waals surface area contributed by atoms with E-state index >= 15 is 0 Å². The number of carbonyl (C=O) groups is 2. The number of nitrogens with zero attached hydrogens (tertiary/aromatic N) is 1. The van der Waals surface area contributed by atoms with E-state index in [0.29, 0.717) is 28.6 Å². The van der Waals surface area contributed by atoms with Gasteiger partial charge in [-0.2, -0.15) is 0 Å². The molecular weight excluding hydrogens is 277 g/mol. The number of aliphatic carboxylic acids is 1. The third-order valence-electron chi connectivity index (χ3n) is 2.40. The van der Waals surface area contributed by atoms with Gasteiger partial charge in [-0.15, -0.1) is 0 Å². The molecule has 1 N–H and O–H groups in total. The van der Waals surface area contributed by atoms with Crippen molar-refractivity contribution in [2.45, 2.75) is 12.8 Å². The largest absolute Gasteiger partial charge is 0.481 e. The number of carbonyl (C=O) groups excluding carboxylic acids is 1. The van der Waals surface area contributed by atoms with Crippen LogP contribution in [0.3, 0.4) is 0 Å². The van der Waals surface area contributed by atoms with Gasteiger partial charge in [0, 0.05) is 25.6 Å². The van der Waals surface area contributed by atoms with Gasteiger partial charge in [-0.3, -0.25) is 9.59 Å². The Morgan fingerprint density at radius 2 is 1.94 bits per heavy atom. The second-order valence-electron chi connectivity index (χ2n) is 3.85. The van der Waals surface area contributed by atoms with Crippen LogP contribution in [-0.2, 0) is 4.79 Å². The van der Waals surface area contributed by atoms with Crippen LogP contribution in [0.1, 0.15) is 23.2 Å². The van der Waals surface area contributed by atoms with Crippen LogP contribution in [0.25, 0.3) is 0 Å². The van der Waals surface area contributed by atoms with E-state index < -0.39 is 5.97 Å². The van der Waals surface area contributed by atoms with Gasteiger partial charge >= 0.3 is 5.97 Å². The van der Waals surface area contributed by atoms with Crippen molar-refractivity contribution < 1.29 is 14.7 Å². The molecule has 0 bridgehead atoms. The lowest BCUT2D eigenvalue weighted by atomic mass is 10.2. The van der Waals surface area contributed by atoms with E-state index in [4.69, 9.17) is 28.3 Å². The van der Waals surface area contributed by atoms with Crippen LogP contribution in [0.15, 0.2) is 18.2 Å². The quantitative estimate of drug-likeness (QED) is 0.907. The maximum absolute atomic E-state index is 12.0. The highest BCUT2D eigenvalue weighted by atomic mass is 35.5. The zero-order valence-corrected chi connectivity index (χ0v) is 11.3. The van der Waals surface area contributed by atoms with Gasteiger partial charge in [0.05, 0.1) is 10.0 Å². The molecule has 6 heteroatoms. The third-order valence-corrected chi connectivity index (χ3v) is 3.14. The van der Waals surface area contributed by atoms with Crippen LogP contribution in [0.4, 0.5) is 0 Å². The molecule has 0 saturated carbocycles. The molecule has 0 fully saturated rings. The molecule has 0 spiro atoms. The predicted molar refractivity (Wildman–Crippen MR) is 70.3 cm³/mol. The topological polar surface area (TPSA) is 57.6 Å². The van der Waals surface area contributed by atoms with Gasteiger partial charge in [0.1, 0.15) is 0 Å². The van der Waals surface area contributed by atoms with E-state index in [1.807, 2.05) is 0 Å². The van der Waals surface area contributed by atoms with Crippen LogP contribution in [0, 0.1) is 0 Å². The number of amides is 1. The highest BCUT2D eigenvalue weighted by Crippen LogP contribution is 2.23. The Labute approximate surface area is 115 Å². The summed E-state index contributed by atoms with van der Waals surface area (Å²) in [4.78, 5) is 23.8. The van der Waals surface area contributed by atoms with Crippen molar-refractivity contribution in [3.8, 4) is 0 Å². The lowest BCUT2D eigenvalue weighted by Gasteiger charge is -2.16. The van der Waals surface area contributed by atoms with E-state index in [1.165, 1.54) is 11.0 Å². The Hall–Kier alpha value is -1.26. The van der Waals surface area contributed by atoms with E-state index in [-0.39, 0.29) is 12.3 Å². The fraction of sp³-hybridized carbons (Fsp3) is 0.333. The van der Waals surface area contributed by atoms with Crippen molar-refractivity contribution in [1.82, 2.24) is 4.90 Å². The summed E-state index contributed by atoms with van der Waals surface area (Å²) in [5.74, 6) is -1.08. The first-order valence-electron chi connectivity index (χ1n) is 5.34. The number of hydrogen-bond donors (Lipinski definition) is 1. The Balaban J connectivity index is 2.62. The van der Waals surface area contributed by atoms with Crippen molar-refractivity contribution in [2.75, 3.05) is 13.6 Å². The van der Waals surface area contributed by atoms with E-state index in [1.54, 1.807) is 19.2 Å². The summed E-state index contributed by atoms with van der Waals surface area (Å²) in [7, 11) is 1.62. The van der Waals surface area contributed by atoms with Crippen molar-refractivity contribution in [3.05, 3.63) is 33.8 Å². The minimum atomic E-state index is -0.870. The predicted octanol–water partition coefficient (Wildman–Crippen LogP) is 2.93. The van der Waals surface area contributed by atoms with Crippen molar-refractivity contribution in [3.63, 3.8) is 0 Å². The molecule has 0 aromatic heterocycles. The minimum Gasteiger partial charge on any atom is -0.481 e. The van der Waals surface area contributed by atoms with Crippen LogP contribution in [-0.4, -0.2) is 35.5 Å². The van der Waals surface area contributed by atoms with Crippen molar-refractivity contribution in [2.24, 2.45) is 0 Å². The van der Waals surface area contributed by atoms with Crippen LogP contribution >= 0.6 is 23.2 Å². The molecule has 0 heterocycles. The van der Waals surface area contributed by atoms with Gasteiger partial charge in [0.15, 0.2) is 0 Å². The lowest BCUT2D eigenvalue weighted by Crippen LogP contribution is -2.28. The fourth-order valence-electron chi connectivity index (χ4n) is 1.42. The summed E-state index contributed by atoms with van der Waals surface area (Å²) in [6.45, 7) is 0.380. The van der Waals surface area contributed by atoms with Crippen LogP contribution in [0.5, 0.6) is 0 Å². The lowest BCUT2D eigenvalue weighted by molar-refractivity contribution is -0.137. The Kier molecular flexibility index (Phi) is 5.44. The average molecular weight is 290 g/mol. The van der Waals surface area contributed by atoms with E-state index in [9.17, 15) is 9.59 Å². The first-order valence-corrected chi connectivity index (χ1v) is 6.09. The summed E-state index contributed by atoms with van der Waals surface area (Å²) < 4.78 is 0. The minimum absolute atomic E-state index is 0.0407. The first-order chi connectivity index (χ1) is 8.41. The van der Waals surface area contributed by atoms with Gasteiger partial charge in [0.25, 0.3) is 5.91 Å². The maximum atomic E-state index is 12.0. The third kappa shape index (κ3) is 4.20. The zero-order chi connectivity index (χ0) is 13.7. The highest BCUT2D eigenvalue weighted by Gasteiger charge is 2.13. The van der Waals surface area contributed by atoms with Gasteiger partial charge in [-0.25, -0.2) is 0 Å². The molecular formula is C12H13Cl2NO3. The van der Waals surface area contributed by atoms with E-state index in [2.05, 4.69) is 0 Å². The Bertz CT molecular complexity index is 463.